The van der Waals surface area contributed by atoms with Gasteiger partial charge in [-0.3, -0.25) is 0 Å². The topological polar surface area (TPSA) is 37.8 Å². The van der Waals surface area contributed by atoms with Gasteiger partial charge in [0.15, 0.2) is 4.96 Å². The monoisotopic (exact) mass is 177 g/mol. The highest BCUT2D eigenvalue weighted by atomic mass is 35.5. The van der Waals surface area contributed by atoms with Crippen molar-refractivity contribution in [2.75, 3.05) is 5.32 Å². The number of anilines is 1. The predicted molar refractivity (Wildman–Crippen MR) is 41.1 cm³/mol. The zero-order valence-electron chi connectivity index (χ0n) is 4.96. The van der Waals surface area contributed by atoms with Gasteiger partial charge in [0.25, 0.3) is 0 Å². The van der Waals surface area contributed by atoms with E-state index >= 15 is 0 Å². The first kappa shape index (κ1) is 7.57. The lowest BCUT2D eigenvalue weighted by Crippen LogP contribution is -2.03. The standard InChI is InChI=1S/C5H5Cl2N3/c6-5(7)10-4-1-8-3-9-2-4/h1-3,5,10H. The molecule has 0 aliphatic carbocycles. The average Bonchev–Trinajstić information content (AvgIpc) is 1.88. The second kappa shape index (κ2) is 3.58. The van der Waals surface area contributed by atoms with Gasteiger partial charge in [-0.2, -0.15) is 0 Å². The minimum atomic E-state index is -0.619. The van der Waals surface area contributed by atoms with Crippen molar-refractivity contribution < 1.29 is 0 Å². The molecule has 0 aliphatic heterocycles. The summed E-state index contributed by atoms with van der Waals surface area (Å²) in [6.45, 7) is 0. The summed E-state index contributed by atoms with van der Waals surface area (Å²) < 4.78 is 0. The van der Waals surface area contributed by atoms with Crippen LogP contribution in [0.5, 0.6) is 0 Å². The number of alkyl halides is 2. The first-order chi connectivity index (χ1) is 4.79. The Kier molecular flexibility index (Phi) is 2.71. The molecule has 1 N–H and O–H groups in total. The second-order valence-electron chi connectivity index (χ2n) is 1.57. The molecule has 0 bridgehead atoms. The number of aromatic nitrogens is 2. The van der Waals surface area contributed by atoms with Gasteiger partial charge in [0.2, 0.25) is 0 Å². The third-order valence-corrected chi connectivity index (χ3v) is 1.05. The van der Waals surface area contributed by atoms with Crippen molar-refractivity contribution in [2.24, 2.45) is 0 Å². The number of nitrogens with zero attached hydrogens (tertiary/aromatic N) is 2. The largest absolute Gasteiger partial charge is 0.354 e. The van der Waals surface area contributed by atoms with Gasteiger partial charge in [-0.25, -0.2) is 9.97 Å². The third kappa shape index (κ3) is 2.37. The molecule has 0 spiro atoms. The molecule has 0 amide bonds. The molecule has 5 heteroatoms. The van der Waals surface area contributed by atoms with Crippen molar-refractivity contribution in [1.82, 2.24) is 9.97 Å². The van der Waals surface area contributed by atoms with Crippen LogP contribution >= 0.6 is 23.2 Å². The molecule has 0 aromatic carbocycles. The maximum absolute atomic E-state index is 5.41. The van der Waals surface area contributed by atoms with Crippen LogP contribution in [0.3, 0.4) is 0 Å². The fourth-order valence-corrected chi connectivity index (χ4v) is 0.752. The number of rotatable bonds is 2. The van der Waals surface area contributed by atoms with E-state index in [1.807, 2.05) is 0 Å². The maximum atomic E-state index is 5.41. The van der Waals surface area contributed by atoms with Gasteiger partial charge in [-0.15, -0.1) is 0 Å². The Morgan fingerprint density at radius 1 is 1.30 bits per heavy atom. The van der Waals surface area contributed by atoms with Crippen molar-refractivity contribution in [3.63, 3.8) is 0 Å². The summed E-state index contributed by atoms with van der Waals surface area (Å²) in [6.07, 6.45) is 4.61. The first-order valence-corrected chi connectivity index (χ1v) is 3.46. The fraction of sp³-hybridized carbons (Fsp3) is 0.200. The molecule has 0 atom stereocenters. The van der Waals surface area contributed by atoms with Crippen LogP contribution < -0.4 is 5.32 Å². The Bertz CT molecular complexity index is 189. The molecule has 0 unspecified atom stereocenters. The molecular formula is C5H5Cl2N3. The summed E-state index contributed by atoms with van der Waals surface area (Å²) in [4.78, 5) is 6.87. The van der Waals surface area contributed by atoms with Crippen LogP contribution in [0.4, 0.5) is 5.69 Å². The fourth-order valence-electron chi connectivity index (χ4n) is 0.500. The molecule has 1 rings (SSSR count). The van der Waals surface area contributed by atoms with Crippen LogP contribution in [0.1, 0.15) is 0 Å². The Balaban J connectivity index is 2.59. The van der Waals surface area contributed by atoms with E-state index in [9.17, 15) is 0 Å². The third-order valence-electron chi connectivity index (χ3n) is 0.836. The van der Waals surface area contributed by atoms with E-state index in [2.05, 4.69) is 15.3 Å². The molecule has 1 aromatic rings. The molecule has 10 heavy (non-hydrogen) atoms. The summed E-state index contributed by atoms with van der Waals surface area (Å²) in [7, 11) is 0. The molecule has 1 heterocycles. The summed E-state index contributed by atoms with van der Waals surface area (Å²) >= 11 is 10.8. The van der Waals surface area contributed by atoms with Gasteiger partial charge < -0.3 is 5.32 Å². The average molecular weight is 178 g/mol. The quantitative estimate of drug-likeness (QED) is 0.552. The number of hydrogen-bond donors (Lipinski definition) is 1. The van der Waals surface area contributed by atoms with E-state index < -0.39 is 4.96 Å². The van der Waals surface area contributed by atoms with E-state index in [1.54, 1.807) is 12.4 Å². The van der Waals surface area contributed by atoms with Crippen LogP contribution in [0.25, 0.3) is 0 Å². The van der Waals surface area contributed by atoms with Gasteiger partial charge in [-0.05, 0) is 0 Å². The van der Waals surface area contributed by atoms with E-state index in [0.717, 1.165) is 0 Å². The predicted octanol–water partition coefficient (Wildman–Crippen LogP) is 1.65. The Morgan fingerprint density at radius 3 is 2.40 bits per heavy atom. The van der Waals surface area contributed by atoms with Gasteiger partial charge >= 0.3 is 0 Å². The zero-order chi connectivity index (χ0) is 7.40. The maximum Gasteiger partial charge on any atom is 0.177 e. The molecule has 0 aliphatic rings. The van der Waals surface area contributed by atoms with Crippen LogP contribution in [-0.4, -0.2) is 14.9 Å². The second-order valence-corrected chi connectivity index (χ2v) is 2.67. The lowest BCUT2D eigenvalue weighted by molar-refractivity contribution is 1.15. The Hall–Kier alpha value is -0.540. The van der Waals surface area contributed by atoms with E-state index in [4.69, 9.17) is 23.2 Å². The van der Waals surface area contributed by atoms with Crippen molar-refractivity contribution in [3.8, 4) is 0 Å². The van der Waals surface area contributed by atoms with Gasteiger partial charge in [0, 0.05) is 0 Å². The molecule has 1 aromatic heterocycles. The Labute approximate surface area is 68.4 Å². The van der Waals surface area contributed by atoms with Crippen LogP contribution in [0.2, 0.25) is 0 Å². The molecule has 0 radical (unpaired) electrons. The van der Waals surface area contributed by atoms with Crippen LogP contribution in [0, 0.1) is 0 Å². The highest BCUT2D eigenvalue weighted by molar-refractivity contribution is 6.45. The number of halogens is 2. The van der Waals surface area contributed by atoms with Crippen molar-refractivity contribution in [3.05, 3.63) is 18.7 Å². The Morgan fingerprint density at radius 2 is 1.90 bits per heavy atom. The molecule has 3 nitrogen and oxygen atoms in total. The summed E-state index contributed by atoms with van der Waals surface area (Å²) in [5, 5.41) is 2.71. The van der Waals surface area contributed by atoms with E-state index in [-0.39, 0.29) is 0 Å². The van der Waals surface area contributed by atoms with Crippen LogP contribution in [-0.2, 0) is 0 Å². The lowest BCUT2D eigenvalue weighted by Gasteiger charge is -2.03. The van der Waals surface area contributed by atoms with Crippen LogP contribution in [0.15, 0.2) is 18.7 Å². The minimum absolute atomic E-state index is 0.619. The van der Waals surface area contributed by atoms with E-state index in [0.29, 0.717) is 5.69 Å². The van der Waals surface area contributed by atoms with Gasteiger partial charge in [0.05, 0.1) is 18.1 Å². The summed E-state index contributed by atoms with van der Waals surface area (Å²) in [5.41, 5.74) is 0.706. The molecule has 0 saturated carbocycles. The van der Waals surface area contributed by atoms with E-state index in [1.165, 1.54) is 6.33 Å². The highest BCUT2D eigenvalue weighted by Crippen LogP contribution is 2.07. The summed E-state index contributed by atoms with van der Waals surface area (Å²) in [6, 6.07) is 0. The SMILES string of the molecule is ClC(Cl)Nc1cncnc1. The smallest absolute Gasteiger partial charge is 0.177 e. The minimum Gasteiger partial charge on any atom is -0.354 e. The van der Waals surface area contributed by atoms with Crippen molar-refractivity contribution >= 4 is 28.9 Å². The number of nitrogens with one attached hydrogen (secondary N) is 1. The normalized spacial score (nSPS) is 9.90. The first-order valence-electron chi connectivity index (χ1n) is 2.59. The molecule has 0 saturated heterocycles. The molecule has 0 fully saturated rings. The molecule has 54 valence electrons. The van der Waals surface area contributed by atoms with Gasteiger partial charge in [-0.1, -0.05) is 23.2 Å². The van der Waals surface area contributed by atoms with Gasteiger partial charge in [0.1, 0.15) is 6.33 Å². The lowest BCUT2D eigenvalue weighted by atomic mass is 10.5. The summed E-state index contributed by atoms with van der Waals surface area (Å²) in [5.74, 6) is 0. The zero-order valence-corrected chi connectivity index (χ0v) is 6.47. The number of hydrogen-bond acceptors (Lipinski definition) is 3. The highest BCUT2D eigenvalue weighted by Gasteiger charge is 1.96. The molecular weight excluding hydrogens is 173 g/mol. The van der Waals surface area contributed by atoms with Crippen molar-refractivity contribution in [1.29, 1.82) is 0 Å². The van der Waals surface area contributed by atoms with Crippen molar-refractivity contribution in [2.45, 2.75) is 4.96 Å².